The number of sulfone groups is 1. The lowest BCUT2D eigenvalue weighted by Gasteiger charge is -2.28. The lowest BCUT2D eigenvalue weighted by molar-refractivity contribution is 0.122. The third-order valence-electron chi connectivity index (χ3n) is 5.20. The van der Waals surface area contributed by atoms with Crippen LogP contribution < -0.4 is 9.62 Å². The first-order chi connectivity index (χ1) is 16.6. The average Bonchev–Trinajstić information content (AvgIpc) is 2.80. The Bertz CT molecular complexity index is 1390. The van der Waals surface area contributed by atoms with E-state index in [4.69, 9.17) is 4.74 Å². The minimum Gasteiger partial charge on any atom is -0.378 e. The van der Waals surface area contributed by atoms with Crippen molar-refractivity contribution < 1.29 is 26.0 Å². The van der Waals surface area contributed by atoms with Gasteiger partial charge in [-0.1, -0.05) is 12.1 Å². The van der Waals surface area contributed by atoms with E-state index in [9.17, 15) is 21.2 Å². The average molecular weight is 521 g/mol. The van der Waals surface area contributed by atoms with Crippen molar-refractivity contribution in [2.24, 2.45) is 0 Å². The minimum atomic E-state index is -3.72. The second-order valence-electron chi connectivity index (χ2n) is 8.28. The molecule has 4 rings (SSSR count). The number of morpholine rings is 1. The van der Waals surface area contributed by atoms with Crippen molar-refractivity contribution in [1.29, 1.82) is 0 Å². The lowest BCUT2D eigenvalue weighted by Crippen LogP contribution is -2.37. The van der Waals surface area contributed by atoms with E-state index >= 15 is 0 Å². The van der Waals surface area contributed by atoms with Gasteiger partial charge >= 0.3 is 0 Å². The van der Waals surface area contributed by atoms with Crippen LogP contribution >= 0.6 is 0 Å². The minimum absolute atomic E-state index is 0.221. The van der Waals surface area contributed by atoms with Crippen molar-refractivity contribution in [3.05, 3.63) is 71.7 Å². The Kier molecular flexibility index (Phi) is 7.33. The Morgan fingerprint density at radius 1 is 0.943 bits per heavy atom. The zero-order chi connectivity index (χ0) is 25.1. The first-order valence-corrected chi connectivity index (χ1v) is 14.5. The van der Waals surface area contributed by atoms with Gasteiger partial charge in [-0.15, -0.1) is 0 Å². The molecule has 1 N–H and O–H groups in total. The number of benzene rings is 2. The Morgan fingerprint density at radius 3 is 2.23 bits per heavy atom. The number of aromatic nitrogens is 2. The van der Waals surface area contributed by atoms with Gasteiger partial charge in [-0.3, -0.25) is 4.72 Å². The van der Waals surface area contributed by atoms with Gasteiger partial charge in [-0.25, -0.2) is 31.2 Å². The Morgan fingerprint density at radius 2 is 1.60 bits per heavy atom. The summed E-state index contributed by atoms with van der Waals surface area (Å²) in [6, 6.07) is 13.4. The summed E-state index contributed by atoms with van der Waals surface area (Å²) >= 11 is 0. The maximum absolute atomic E-state index is 13.1. The molecular formula is C23H25FN4O5S2. The maximum atomic E-state index is 13.1. The van der Waals surface area contributed by atoms with Crippen LogP contribution in [0.4, 0.5) is 15.9 Å². The summed E-state index contributed by atoms with van der Waals surface area (Å²) < 4.78 is 69.7. The summed E-state index contributed by atoms with van der Waals surface area (Å²) in [6.45, 7) is 2.36. The Labute approximate surface area is 204 Å². The molecule has 0 atom stereocenters. The van der Waals surface area contributed by atoms with Crippen molar-refractivity contribution in [2.75, 3.05) is 42.2 Å². The highest BCUT2D eigenvalue weighted by Gasteiger charge is 2.18. The number of hydrogen-bond donors (Lipinski definition) is 1. The van der Waals surface area contributed by atoms with Crippen LogP contribution in [-0.4, -0.2) is 59.4 Å². The molecule has 1 saturated heterocycles. The van der Waals surface area contributed by atoms with Crippen LogP contribution in [-0.2, 0) is 36.1 Å². The summed E-state index contributed by atoms with van der Waals surface area (Å²) in [4.78, 5) is 11.1. The standard InChI is InChI=1S/C23H25FN4O5S2/c1-34(29,30)16-21-14-22(28-10-12-33-13-11-28)26-23(25-21)18-4-8-20(9-5-18)27-35(31,32)15-17-2-6-19(24)7-3-17/h2-9,14,27H,10-13,15-16H2,1H3. The van der Waals surface area contributed by atoms with E-state index in [2.05, 4.69) is 14.7 Å². The molecule has 0 saturated carbocycles. The third kappa shape index (κ3) is 7.20. The number of nitrogens with one attached hydrogen (secondary N) is 1. The predicted octanol–water partition coefficient (Wildman–Crippen LogP) is 2.61. The molecule has 1 aliphatic heterocycles. The van der Waals surface area contributed by atoms with Crippen LogP contribution in [0.15, 0.2) is 54.6 Å². The van der Waals surface area contributed by atoms with E-state index < -0.39 is 25.7 Å². The van der Waals surface area contributed by atoms with Crippen molar-refractivity contribution >= 4 is 31.4 Å². The number of nitrogens with zero attached hydrogens (tertiary/aromatic N) is 3. The van der Waals surface area contributed by atoms with Crippen molar-refractivity contribution in [3.63, 3.8) is 0 Å². The van der Waals surface area contributed by atoms with E-state index in [1.165, 1.54) is 24.3 Å². The zero-order valence-electron chi connectivity index (χ0n) is 19.0. The van der Waals surface area contributed by atoms with Gasteiger partial charge < -0.3 is 9.64 Å². The van der Waals surface area contributed by atoms with Crippen LogP contribution in [0.1, 0.15) is 11.3 Å². The third-order valence-corrected chi connectivity index (χ3v) is 7.28. The quantitative estimate of drug-likeness (QED) is 0.482. The maximum Gasteiger partial charge on any atom is 0.236 e. The number of sulfonamides is 1. The summed E-state index contributed by atoms with van der Waals surface area (Å²) in [7, 11) is -7.03. The smallest absolute Gasteiger partial charge is 0.236 e. The zero-order valence-corrected chi connectivity index (χ0v) is 20.6. The molecule has 0 bridgehead atoms. The number of ether oxygens (including phenoxy) is 1. The van der Waals surface area contributed by atoms with Crippen molar-refractivity contribution in [3.8, 4) is 11.4 Å². The van der Waals surface area contributed by atoms with Crippen LogP contribution in [0.25, 0.3) is 11.4 Å². The predicted molar refractivity (Wildman–Crippen MR) is 132 cm³/mol. The molecule has 1 fully saturated rings. The molecule has 0 unspecified atom stereocenters. The van der Waals surface area contributed by atoms with Crippen LogP contribution in [0.5, 0.6) is 0 Å². The molecule has 2 aromatic carbocycles. The molecule has 186 valence electrons. The van der Waals surface area contributed by atoms with Gasteiger partial charge in [0.2, 0.25) is 10.0 Å². The fourth-order valence-electron chi connectivity index (χ4n) is 3.61. The van der Waals surface area contributed by atoms with E-state index in [0.29, 0.717) is 60.5 Å². The molecule has 2 heterocycles. The second kappa shape index (κ2) is 10.3. The number of anilines is 2. The summed E-state index contributed by atoms with van der Waals surface area (Å²) in [5.41, 5.74) is 1.79. The lowest BCUT2D eigenvalue weighted by atomic mass is 10.2. The van der Waals surface area contributed by atoms with Gasteiger partial charge in [-0.05, 0) is 42.0 Å². The van der Waals surface area contributed by atoms with Gasteiger partial charge in [0.1, 0.15) is 11.6 Å². The van der Waals surface area contributed by atoms with E-state index in [-0.39, 0.29) is 11.5 Å². The number of hydrogen-bond acceptors (Lipinski definition) is 8. The molecule has 9 nitrogen and oxygen atoms in total. The normalized spacial score (nSPS) is 14.6. The highest BCUT2D eigenvalue weighted by atomic mass is 32.2. The molecule has 3 aromatic rings. The summed E-state index contributed by atoms with van der Waals surface area (Å²) in [5.74, 6) is -0.000836. The topological polar surface area (TPSA) is 119 Å². The number of halogens is 1. The number of rotatable bonds is 8. The van der Waals surface area contributed by atoms with Gasteiger partial charge in [0.15, 0.2) is 15.7 Å². The first-order valence-electron chi connectivity index (χ1n) is 10.8. The molecule has 1 aliphatic rings. The van der Waals surface area contributed by atoms with Crippen LogP contribution in [0, 0.1) is 5.82 Å². The van der Waals surface area contributed by atoms with E-state index in [1.54, 1.807) is 30.3 Å². The Hall–Kier alpha value is -3.09. The molecule has 0 amide bonds. The molecule has 35 heavy (non-hydrogen) atoms. The van der Waals surface area contributed by atoms with Crippen molar-refractivity contribution in [1.82, 2.24) is 9.97 Å². The van der Waals surface area contributed by atoms with Crippen LogP contribution in [0.2, 0.25) is 0 Å². The van der Waals surface area contributed by atoms with Gasteiger partial charge in [-0.2, -0.15) is 0 Å². The summed E-state index contributed by atoms with van der Waals surface area (Å²) in [5, 5.41) is 0. The molecule has 0 spiro atoms. The van der Waals surface area contributed by atoms with Gasteiger partial charge in [0, 0.05) is 36.7 Å². The summed E-state index contributed by atoms with van der Waals surface area (Å²) in [6.07, 6.45) is 1.15. The molecule has 0 aliphatic carbocycles. The molecule has 1 aromatic heterocycles. The fourth-order valence-corrected chi connectivity index (χ4v) is 5.50. The first kappa shape index (κ1) is 25.0. The van der Waals surface area contributed by atoms with Crippen molar-refractivity contribution in [2.45, 2.75) is 11.5 Å². The largest absolute Gasteiger partial charge is 0.378 e. The highest BCUT2D eigenvalue weighted by Crippen LogP contribution is 2.24. The van der Waals surface area contributed by atoms with Crippen LogP contribution in [0.3, 0.4) is 0 Å². The SMILES string of the molecule is CS(=O)(=O)Cc1cc(N2CCOCC2)nc(-c2ccc(NS(=O)(=O)Cc3ccc(F)cc3)cc2)n1. The van der Waals surface area contributed by atoms with E-state index in [0.717, 1.165) is 6.26 Å². The highest BCUT2D eigenvalue weighted by molar-refractivity contribution is 7.92. The Balaban J connectivity index is 1.56. The van der Waals surface area contributed by atoms with Gasteiger partial charge in [0.25, 0.3) is 0 Å². The molecule has 0 radical (unpaired) electrons. The second-order valence-corrected chi connectivity index (χ2v) is 12.1. The molecular weight excluding hydrogens is 495 g/mol. The van der Waals surface area contributed by atoms with Gasteiger partial charge in [0.05, 0.1) is 30.4 Å². The molecule has 12 heteroatoms. The van der Waals surface area contributed by atoms with E-state index in [1.807, 2.05) is 4.90 Å². The fraction of sp³-hybridized carbons (Fsp3) is 0.304. The monoisotopic (exact) mass is 520 g/mol.